The van der Waals surface area contributed by atoms with Crippen molar-refractivity contribution in [3.8, 4) is 0 Å². The highest BCUT2D eigenvalue weighted by Crippen LogP contribution is 2.26. The quantitative estimate of drug-likeness (QED) is 0.253. The Hall–Kier alpha value is -2.54. The molecule has 7 heteroatoms. The minimum atomic E-state index is -0.0105. The predicted octanol–water partition coefficient (Wildman–Crippen LogP) is 2.61. The van der Waals surface area contributed by atoms with E-state index in [2.05, 4.69) is 15.1 Å². The molecule has 0 amide bonds. The monoisotopic (exact) mass is 300 g/mol. The van der Waals surface area contributed by atoms with Gasteiger partial charge in [0.25, 0.3) is 5.22 Å². The van der Waals surface area contributed by atoms with Crippen molar-refractivity contribution in [1.29, 1.82) is 0 Å². The highest BCUT2D eigenvalue weighted by molar-refractivity contribution is 7.98. The molecule has 2 heterocycles. The van der Waals surface area contributed by atoms with Crippen LogP contribution in [0, 0.1) is 0 Å². The largest absolute Gasteiger partial charge is 0.431 e. The molecule has 3 aromatic rings. The van der Waals surface area contributed by atoms with E-state index in [-0.39, 0.29) is 5.84 Å². The lowest BCUT2D eigenvalue weighted by Crippen LogP contribution is -2.15. The van der Waals surface area contributed by atoms with Crippen LogP contribution in [-0.2, 0) is 5.75 Å². The number of para-hydroxylation sites is 2. The van der Waals surface area contributed by atoms with Gasteiger partial charge in [0.15, 0.2) is 11.4 Å². The van der Waals surface area contributed by atoms with Crippen LogP contribution in [0.25, 0.3) is 11.1 Å². The normalized spacial score (nSPS) is 11.9. The van der Waals surface area contributed by atoms with E-state index in [4.69, 9.17) is 15.4 Å². The summed E-state index contributed by atoms with van der Waals surface area (Å²) in [7, 11) is 0. The molecule has 0 unspecified atom stereocenters. The fourth-order valence-electron chi connectivity index (χ4n) is 1.81. The first kappa shape index (κ1) is 13.4. The Kier molecular flexibility index (Phi) is 3.74. The zero-order chi connectivity index (χ0) is 14.7. The van der Waals surface area contributed by atoms with Crippen LogP contribution >= 0.6 is 11.8 Å². The average Bonchev–Trinajstić information content (AvgIpc) is 2.95. The Morgan fingerprint density at radius 3 is 3.00 bits per heavy atom. The van der Waals surface area contributed by atoms with Crippen molar-refractivity contribution in [2.45, 2.75) is 11.0 Å². The Morgan fingerprint density at radius 2 is 2.19 bits per heavy atom. The van der Waals surface area contributed by atoms with Gasteiger partial charge in [-0.25, -0.2) is 4.98 Å². The van der Waals surface area contributed by atoms with Gasteiger partial charge in [-0.05, 0) is 29.8 Å². The first-order valence-corrected chi connectivity index (χ1v) is 7.16. The van der Waals surface area contributed by atoms with Crippen LogP contribution < -0.4 is 5.73 Å². The maximum atomic E-state index is 8.66. The average molecular weight is 300 g/mol. The van der Waals surface area contributed by atoms with Crippen LogP contribution in [-0.4, -0.2) is 21.0 Å². The van der Waals surface area contributed by atoms with E-state index in [1.165, 1.54) is 11.8 Å². The number of nitrogens with two attached hydrogens (primary N) is 1. The van der Waals surface area contributed by atoms with Gasteiger partial charge in [0.2, 0.25) is 0 Å². The van der Waals surface area contributed by atoms with Crippen molar-refractivity contribution in [1.82, 2.24) is 9.97 Å². The number of benzene rings is 1. The molecule has 0 aliphatic heterocycles. The minimum absolute atomic E-state index is 0.0105. The third kappa shape index (κ3) is 2.97. The fourth-order valence-corrected chi connectivity index (χ4v) is 2.59. The van der Waals surface area contributed by atoms with Crippen molar-refractivity contribution in [3.05, 3.63) is 53.9 Å². The number of pyridine rings is 1. The summed E-state index contributed by atoms with van der Waals surface area (Å²) in [5.41, 5.74) is 8.55. The van der Waals surface area contributed by atoms with E-state index in [0.717, 1.165) is 16.7 Å². The van der Waals surface area contributed by atoms with Gasteiger partial charge in [-0.2, -0.15) is 0 Å². The second-order valence-electron chi connectivity index (χ2n) is 4.27. The summed E-state index contributed by atoms with van der Waals surface area (Å²) in [5, 5.41) is 12.2. The van der Waals surface area contributed by atoms with Crippen LogP contribution in [0.1, 0.15) is 11.3 Å². The van der Waals surface area contributed by atoms with Crippen LogP contribution in [0.4, 0.5) is 0 Å². The van der Waals surface area contributed by atoms with E-state index in [0.29, 0.717) is 16.7 Å². The van der Waals surface area contributed by atoms with E-state index in [9.17, 15) is 0 Å². The Balaban J connectivity index is 1.75. The van der Waals surface area contributed by atoms with Crippen molar-refractivity contribution < 1.29 is 9.62 Å². The number of nitrogens with zero attached hydrogens (tertiary/aromatic N) is 3. The third-order valence-electron chi connectivity index (χ3n) is 2.83. The zero-order valence-corrected chi connectivity index (χ0v) is 11.7. The van der Waals surface area contributed by atoms with Crippen LogP contribution in [0.5, 0.6) is 0 Å². The fraction of sp³-hybridized carbons (Fsp3) is 0.0714. The van der Waals surface area contributed by atoms with Gasteiger partial charge in [0.1, 0.15) is 11.2 Å². The highest BCUT2D eigenvalue weighted by Gasteiger charge is 2.07. The van der Waals surface area contributed by atoms with Gasteiger partial charge in [-0.3, -0.25) is 4.98 Å². The topological polar surface area (TPSA) is 97.5 Å². The van der Waals surface area contributed by atoms with Gasteiger partial charge < -0.3 is 15.4 Å². The number of oxazole rings is 1. The lowest BCUT2D eigenvalue weighted by atomic mass is 10.2. The summed E-state index contributed by atoms with van der Waals surface area (Å²) in [4.78, 5) is 8.43. The van der Waals surface area contributed by atoms with Crippen molar-refractivity contribution in [2.24, 2.45) is 10.9 Å². The molecule has 3 N–H and O–H groups in total. The summed E-state index contributed by atoms with van der Waals surface area (Å²) in [6, 6.07) is 11.3. The molecule has 0 atom stereocenters. The summed E-state index contributed by atoms with van der Waals surface area (Å²) < 4.78 is 5.64. The number of aromatic nitrogens is 2. The first-order chi connectivity index (χ1) is 10.3. The van der Waals surface area contributed by atoms with E-state index in [1.807, 2.05) is 30.3 Å². The molecule has 0 spiro atoms. The molecule has 106 valence electrons. The molecule has 0 radical (unpaired) electrons. The minimum Gasteiger partial charge on any atom is -0.431 e. The van der Waals surface area contributed by atoms with Crippen LogP contribution in [0.15, 0.2) is 57.4 Å². The molecule has 3 rings (SSSR count). The molecule has 2 aromatic heterocycles. The number of oxime groups is 1. The maximum absolute atomic E-state index is 8.66. The number of thioether (sulfide) groups is 1. The smallest absolute Gasteiger partial charge is 0.257 e. The molecule has 0 bridgehead atoms. The van der Waals surface area contributed by atoms with Gasteiger partial charge in [-0.1, -0.05) is 29.1 Å². The van der Waals surface area contributed by atoms with Crippen LogP contribution in [0.3, 0.4) is 0 Å². The van der Waals surface area contributed by atoms with E-state index >= 15 is 0 Å². The second kappa shape index (κ2) is 5.84. The van der Waals surface area contributed by atoms with Crippen molar-refractivity contribution in [2.75, 3.05) is 0 Å². The maximum Gasteiger partial charge on any atom is 0.257 e. The summed E-state index contributed by atoms with van der Waals surface area (Å²) in [6.45, 7) is 0. The van der Waals surface area contributed by atoms with Gasteiger partial charge >= 0.3 is 0 Å². The molecule has 0 saturated heterocycles. The third-order valence-corrected chi connectivity index (χ3v) is 3.73. The molecule has 21 heavy (non-hydrogen) atoms. The Labute approximate surface area is 124 Å². The Bertz CT molecular complexity index is 767. The Morgan fingerprint density at radius 1 is 1.33 bits per heavy atom. The van der Waals surface area contributed by atoms with Gasteiger partial charge in [0, 0.05) is 11.9 Å². The standard InChI is InChI=1S/C14H12N4O2S/c15-13(18-19)11-7-9(5-6-16-11)8-21-14-17-10-3-1-2-4-12(10)20-14/h1-7,19H,8H2,(H2,15,18). The molecule has 6 nitrogen and oxygen atoms in total. The number of hydrogen-bond acceptors (Lipinski definition) is 6. The van der Waals surface area contributed by atoms with E-state index in [1.54, 1.807) is 12.3 Å². The molecule has 0 aliphatic carbocycles. The SMILES string of the molecule is NC(=NO)c1cc(CSc2nc3ccccc3o2)ccn1. The van der Waals surface area contributed by atoms with Crippen LogP contribution in [0.2, 0.25) is 0 Å². The number of rotatable bonds is 4. The first-order valence-electron chi connectivity index (χ1n) is 6.17. The molecular weight excluding hydrogens is 288 g/mol. The van der Waals surface area contributed by atoms with Crippen molar-refractivity contribution in [3.63, 3.8) is 0 Å². The number of hydrogen-bond donors (Lipinski definition) is 2. The number of fused-ring (bicyclic) bond motifs is 1. The predicted molar refractivity (Wildman–Crippen MR) is 80.3 cm³/mol. The summed E-state index contributed by atoms with van der Waals surface area (Å²) in [6.07, 6.45) is 1.62. The molecule has 1 aromatic carbocycles. The lowest BCUT2D eigenvalue weighted by Gasteiger charge is -2.01. The van der Waals surface area contributed by atoms with Crippen molar-refractivity contribution >= 4 is 28.7 Å². The molecule has 0 fully saturated rings. The lowest BCUT2D eigenvalue weighted by molar-refractivity contribution is 0.318. The highest BCUT2D eigenvalue weighted by atomic mass is 32.2. The van der Waals surface area contributed by atoms with Gasteiger partial charge in [-0.15, -0.1) is 0 Å². The second-order valence-corrected chi connectivity index (χ2v) is 5.20. The zero-order valence-electron chi connectivity index (χ0n) is 10.9. The molecular formula is C14H12N4O2S. The number of amidine groups is 1. The van der Waals surface area contributed by atoms with Gasteiger partial charge in [0.05, 0.1) is 0 Å². The van der Waals surface area contributed by atoms with E-state index < -0.39 is 0 Å². The summed E-state index contributed by atoms with van der Waals surface area (Å²) >= 11 is 1.48. The summed E-state index contributed by atoms with van der Waals surface area (Å²) in [5.74, 6) is 0.643. The molecule has 0 aliphatic rings. The molecule has 0 saturated carbocycles.